The molecular weight excluding hydrogens is 244 g/mol. The van der Waals surface area contributed by atoms with Gasteiger partial charge >= 0.3 is 0 Å². The second kappa shape index (κ2) is 11.6. The SMILES string of the molecule is CCCCCCCC(C)NC1CCN(CCCC)CC1. The van der Waals surface area contributed by atoms with Crippen molar-refractivity contribution in [1.29, 1.82) is 0 Å². The smallest absolute Gasteiger partial charge is 0.00938 e. The van der Waals surface area contributed by atoms with E-state index in [4.69, 9.17) is 0 Å². The maximum atomic E-state index is 3.86. The molecule has 1 fully saturated rings. The van der Waals surface area contributed by atoms with Crippen LogP contribution < -0.4 is 5.32 Å². The highest BCUT2D eigenvalue weighted by Gasteiger charge is 2.19. The van der Waals surface area contributed by atoms with E-state index < -0.39 is 0 Å². The molecule has 1 heterocycles. The second-order valence-electron chi connectivity index (χ2n) is 6.74. The Hall–Kier alpha value is -0.0800. The zero-order valence-corrected chi connectivity index (χ0v) is 14.3. The fourth-order valence-electron chi connectivity index (χ4n) is 3.24. The molecule has 0 spiro atoms. The number of nitrogens with zero attached hydrogens (tertiary/aromatic N) is 1. The summed E-state index contributed by atoms with van der Waals surface area (Å²) in [5.74, 6) is 0. The fraction of sp³-hybridized carbons (Fsp3) is 1.00. The van der Waals surface area contributed by atoms with Crippen LogP contribution in [0, 0.1) is 0 Å². The Bertz CT molecular complexity index is 209. The zero-order valence-electron chi connectivity index (χ0n) is 14.3. The van der Waals surface area contributed by atoms with Crippen LogP contribution in [0.1, 0.15) is 85.0 Å². The van der Waals surface area contributed by atoms with Gasteiger partial charge in [0.15, 0.2) is 0 Å². The molecule has 0 saturated carbocycles. The molecule has 120 valence electrons. The number of rotatable bonds is 11. The standard InChI is InChI=1S/C18H38N2/c1-4-6-8-9-10-11-17(3)19-18-12-15-20(16-13-18)14-7-5-2/h17-19H,4-16H2,1-3H3. The Morgan fingerprint density at radius 1 is 0.950 bits per heavy atom. The van der Waals surface area contributed by atoms with Gasteiger partial charge in [0.2, 0.25) is 0 Å². The fourth-order valence-corrected chi connectivity index (χ4v) is 3.24. The van der Waals surface area contributed by atoms with E-state index in [9.17, 15) is 0 Å². The monoisotopic (exact) mass is 282 g/mol. The molecule has 0 aromatic rings. The summed E-state index contributed by atoms with van der Waals surface area (Å²) in [7, 11) is 0. The van der Waals surface area contributed by atoms with Gasteiger partial charge in [0.05, 0.1) is 0 Å². The molecule has 2 nitrogen and oxygen atoms in total. The molecule has 1 aliphatic heterocycles. The highest BCUT2D eigenvalue weighted by molar-refractivity contribution is 4.79. The van der Waals surface area contributed by atoms with Crippen molar-refractivity contribution >= 4 is 0 Å². The Balaban J connectivity index is 2.01. The van der Waals surface area contributed by atoms with E-state index in [0.717, 1.165) is 6.04 Å². The molecule has 1 atom stereocenters. The summed E-state index contributed by atoms with van der Waals surface area (Å²) in [5, 5.41) is 3.86. The number of piperidine rings is 1. The normalized spacial score (nSPS) is 19.4. The van der Waals surface area contributed by atoms with Crippen LogP contribution in [0.5, 0.6) is 0 Å². The van der Waals surface area contributed by atoms with Gasteiger partial charge < -0.3 is 10.2 Å². The van der Waals surface area contributed by atoms with Crippen molar-refractivity contribution in [2.24, 2.45) is 0 Å². The summed E-state index contributed by atoms with van der Waals surface area (Å²) in [4.78, 5) is 2.65. The molecule has 1 N–H and O–H groups in total. The third-order valence-electron chi connectivity index (χ3n) is 4.68. The third-order valence-corrected chi connectivity index (χ3v) is 4.68. The number of unbranched alkanes of at least 4 members (excludes halogenated alkanes) is 5. The highest BCUT2D eigenvalue weighted by atomic mass is 15.1. The number of hydrogen-bond donors (Lipinski definition) is 1. The van der Waals surface area contributed by atoms with Crippen molar-refractivity contribution in [2.45, 2.75) is 97.1 Å². The summed E-state index contributed by atoms with van der Waals surface area (Å²) in [5.41, 5.74) is 0. The molecule has 0 amide bonds. The Labute approximate surface area is 127 Å². The Kier molecular flexibility index (Phi) is 10.4. The minimum absolute atomic E-state index is 0.712. The topological polar surface area (TPSA) is 15.3 Å². The van der Waals surface area contributed by atoms with Gasteiger partial charge in [-0.2, -0.15) is 0 Å². The first-order valence-electron chi connectivity index (χ1n) is 9.24. The molecule has 0 bridgehead atoms. The number of likely N-dealkylation sites (tertiary alicyclic amines) is 1. The number of hydrogen-bond acceptors (Lipinski definition) is 2. The molecule has 1 saturated heterocycles. The quantitative estimate of drug-likeness (QED) is 0.558. The molecule has 0 aliphatic carbocycles. The Morgan fingerprint density at radius 2 is 1.60 bits per heavy atom. The summed E-state index contributed by atoms with van der Waals surface area (Å²) in [6, 6.07) is 1.49. The van der Waals surface area contributed by atoms with Crippen molar-refractivity contribution in [2.75, 3.05) is 19.6 Å². The van der Waals surface area contributed by atoms with Gasteiger partial charge in [0.25, 0.3) is 0 Å². The summed E-state index contributed by atoms with van der Waals surface area (Å²) in [6.45, 7) is 10.9. The van der Waals surface area contributed by atoms with Crippen LogP contribution in [0.4, 0.5) is 0 Å². The van der Waals surface area contributed by atoms with E-state index in [2.05, 4.69) is 31.0 Å². The van der Waals surface area contributed by atoms with Gasteiger partial charge in [-0.1, -0.05) is 52.4 Å². The van der Waals surface area contributed by atoms with E-state index in [1.54, 1.807) is 0 Å². The van der Waals surface area contributed by atoms with Crippen LogP contribution in [0.2, 0.25) is 0 Å². The largest absolute Gasteiger partial charge is 0.311 e. The average Bonchev–Trinajstić information content (AvgIpc) is 2.46. The molecule has 0 aromatic heterocycles. The minimum Gasteiger partial charge on any atom is -0.311 e. The lowest BCUT2D eigenvalue weighted by atomic mass is 10.0. The average molecular weight is 283 g/mol. The van der Waals surface area contributed by atoms with E-state index in [0.29, 0.717) is 6.04 Å². The lowest BCUT2D eigenvalue weighted by Gasteiger charge is -2.34. The minimum atomic E-state index is 0.712. The summed E-state index contributed by atoms with van der Waals surface area (Å²) < 4.78 is 0. The van der Waals surface area contributed by atoms with Crippen molar-refractivity contribution in [1.82, 2.24) is 10.2 Å². The predicted octanol–water partition coefficient (Wildman–Crippen LogP) is 4.59. The molecule has 1 unspecified atom stereocenters. The van der Waals surface area contributed by atoms with E-state index in [1.807, 2.05) is 0 Å². The van der Waals surface area contributed by atoms with Crippen molar-refractivity contribution in [3.05, 3.63) is 0 Å². The van der Waals surface area contributed by atoms with Crippen LogP contribution in [0.3, 0.4) is 0 Å². The second-order valence-corrected chi connectivity index (χ2v) is 6.74. The van der Waals surface area contributed by atoms with Crippen LogP contribution in [0.25, 0.3) is 0 Å². The van der Waals surface area contributed by atoms with Crippen molar-refractivity contribution in [3.8, 4) is 0 Å². The predicted molar refractivity (Wildman–Crippen MR) is 90.3 cm³/mol. The zero-order chi connectivity index (χ0) is 14.6. The summed E-state index contributed by atoms with van der Waals surface area (Å²) in [6.07, 6.45) is 13.8. The van der Waals surface area contributed by atoms with Crippen LogP contribution in [-0.4, -0.2) is 36.6 Å². The van der Waals surface area contributed by atoms with Crippen molar-refractivity contribution in [3.63, 3.8) is 0 Å². The van der Waals surface area contributed by atoms with Crippen LogP contribution in [-0.2, 0) is 0 Å². The van der Waals surface area contributed by atoms with Gasteiger partial charge in [-0.15, -0.1) is 0 Å². The molecule has 20 heavy (non-hydrogen) atoms. The molecular formula is C18H38N2. The van der Waals surface area contributed by atoms with Gasteiger partial charge in [-0.25, -0.2) is 0 Å². The molecule has 0 radical (unpaired) electrons. The van der Waals surface area contributed by atoms with Crippen molar-refractivity contribution < 1.29 is 0 Å². The third kappa shape index (κ3) is 8.26. The van der Waals surface area contributed by atoms with Crippen LogP contribution in [0.15, 0.2) is 0 Å². The molecule has 0 aromatic carbocycles. The first-order chi connectivity index (χ1) is 9.76. The lowest BCUT2D eigenvalue weighted by Crippen LogP contribution is -2.45. The van der Waals surface area contributed by atoms with Gasteiger partial charge in [0.1, 0.15) is 0 Å². The number of nitrogens with one attached hydrogen (secondary N) is 1. The van der Waals surface area contributed by atoms with E-state index in [-0.39, 0.29) is 0 Å². The molecule has 2 heteroatoms. The maximum absolute atomic E-state index is 3.86. The first kappa shape index (κ1) is 18.0. The lowest BCUT2D eigenvalue weighted by molar-refractivity contribution is 0.188. The Morgan fingerprint density at radius 3 is 2.25 bits per heavy atom. The van der Waals surface area contributed by atoms with Crippen LogP contribution >= 0.6 is 0 Å². The molecule has 1 rings (SSSR count). The van der Waals surface area contributed by atoms with E-state index >= 15 is 0 Å². The molecule has 1 aliphatic rings. The highest BCUT2D eigenvalue weighted by Crippen LogP contribution is 2.13. The first-order valence-corrected chi connectivity index (χ1v) is 9.24. The van der Waals surface area contributed by atoms with Gasteiger partial charge in [-0.05, 0) is 52.2 Å². The summed E-state index contributed by atoms with van der Waals surface area (Å²) >= 11 is 0. The van der Waals surface area contributed by atoms with E-state index in [1.165, 1.54) is 83.8 Å². The van der Waals surface area contributed by atoms with Gasteiger partial charge in [0, 0.05) is 12.1 Å². The van der Waals surface area contributed by atoms with Gasteiger partial charge in [-0.3, -0.25) is 0 Å². The maximum Gasteiger partial charge on any atom is 0.00938 e.